The van der Waals surface area contributed by atoms with Gasteiger partial charge in [0, 0.05) is 11.3 Å². The first kappa shape index (κ1) is 14.2. The molecule has 2 N–H and O–H groups in total. The van der Waals surface area contributed by atoms with Gasteiger partial charge in [-0.25, -0.2) is 4.39 Å². The number of rotatable bonds is 6. The standard InChI is InChI=1S/C13H14BFO3S/c15-12-7-10(6-11(8-12)14(16)17)9-18-4-3-13-2-1-5-19-13/h1-2,5-8,16-17H,3-4,9H2. The van der Waals surface area contributed by atoms with Crippen LogP contribution in [0.25, 0.3) is 0 Å². The summed E-state index contributed by atoms with van der Waals surface area (Å²) in [5, 5.41) is 20.0. The summed E-state index contributed by atoms with van der Waals surface area (Å²) in [5.74, 6) is -0.498. The van der Waals surface area contributed by atoms with E-state index in [0.717, 1.165) is 12.5 Å². The topological polar surface area (TPSA) is 49.7 Å². The fraction of sp³-hybridized carbons (Fsp3) is 0.231. The zero-order chi connectivity index (χ0) is 13.7. The molecule has 0 saturated carbocycles. The maximum Gasteiger partial charge on any atom is 0.488 e. The van der Waals surface area contributed by atoms with Crippen molar-refractivity contribution >= 4 is 23.9 Å². The van der Waals surface area contributed by atoms with Crippen LogP contribution in [0.5, 0.6) is 0 Å². The van der Waals surface area contributed by atoms with Crippen LogP contribution in [0, 0.1) is 5.82 Å². The molecule has 1 aromatic heterocycles. The third kappa shape index (κ3) is 4.43. The summed E-state index contributed by atoms with van der Waals surface area (Å²) in [6.45, 7) is 0.802. The second kappa shape index (κ2) is 6.82. The van der Waals surface area contributed by atoms with Gasteiger partial charge in [0.25, 0.3) is 0 Å². The number of hydrogen-bond donors (Lipinski definition) is 2. The van der Waals surface area contributed by atoms with Gasteiger partial charge in [-0.2, -0.15) is 0 Å². The summed E-state index contributed by atoms with van der Waals surface area (Å²) in [6, 6.07) is 7.98. The largest absolute Gasteiger partial charge is 0.488 e. The van der Waals surface area contributed by atoms with Crippen molar-refractivity contribution in [1.29, 1.82) is 0 Å². The van der Waals surface area contributed by atoms with Crippen LogP contribution in [0.4, 0.5) is 4.39 Å². The molecular formula is C13H14BFO3S. The van der Waals surface area contributed by atoms with Crippen molar-refractivity contribution in [2.75, 3.05) is 6.61 Å². The molecule has 0 aliphatic heterocycles. The van der Waals surface area contributed by atoms with Crippen molar-refractivity contribution in [2.24, 2.45) is 0 Å². The van der Waals surface area contributed by atoms with Gasteiger partial charge in [0.2, 0.25) is 0 Å². The minimum absolute atomic E-state index is 0.136. The van der Waals surface area contributed by atoms with Gasteiger partial charge in [-0.15, -0.1) is 11.3 Å². The van der Waals surface area contributed by atoms with E-state index in [1.54, 1.807) is 11.3 Å². The Hall–Kier alpha value is -1.21. The number of halogens is 1. The van der Waals surface area contributed by atoms with Crippen LogP contribution >= 0.6 is 11.3 Å². The lowest BCUT2D eigenvalue weighted by atomic mass is 9.79. The number of hydrogen-bond acceptors (Lipinski definition) is 4. The summed E-state index contributed by atoms with van der Waals surface area (Å²) in [5.41, 5.74) is 0.728. The van der Waals surface area contributed by atoms with Crippen molar-refractivity contribution in [3.8, 4) is 0 Å². The highest BCUT2D eigenvalue weighted by Gasteiger charge is 2.13. The Kier molecular flexibility index (Phi) is 5.10. The molecule has 1 aromatic carbocycles. The van der Waals surface area contributed by atoms with E-state index in [4.69, 9.17) is 14.8 Å². The molecule has 0 fully saturated rings. The maximum atomic E-state index is 13.2. The SMILES string of the molecule is OB(O)c1cc(F)cc(COCCc2cccs2)c1. The van der Waals surface area contributed by atoms with Crippen molar-refractivity contribution < 1.29 is 19.2 Å². The van der Waals surface area contributed by atoms with Gasteiger partial charge in [0.05, 0.1) is 13.2 Å². The van der Waals surface area contributed by atoms with Gasteiger partial charge in [0.1, 0.15) is 5.82 Å². The molecule has 0 radical (unpaired) electrons. The van der Waals surface area contributed by atoms with Crippen LogP contribution in [-0.2, 0) is 17.8 Å². The highest BCUT2D eigenvalue weighted by atomic mass is 32.1. The van der Waals surface area contributed by atoms with E-state index >= 15 is 0 Å². The number of thiophene rings is 1. The predicted octanol–water partition coefficient (Wildman–Crippen LogP) is 1.33. The first-order valence-electron chi connectivity index (χ1n) is 5.91. The van der Waals surface area contributed by atoms with Crippen molar-refractivity contribution in [1.82, 2.24) is 0 Å². The highest BCUT2D eigenvalue weighted by molar-refractivity contribution is 7.09. The van der Waals surface area contributed by atoms with Gasteiger partial charge in [0.15, 0.2) is 0 Å². The fourth-order valence-electron chi connectivity index (χ4n) is 1.73. The Morgan fingerprint density at radius 2 is 2.11 bits per heavy atom. The smallest absolute Gasteiger partial charge is 0.423 e. The van der Waals surface area contributed by atoms with Gasteiger partial charge < -0.3 is 14.8 Å². The molecule has 2 rings (SSSR count). The predicted molar refractivity (Wildman–Crippen MR) is 73.9 cm³/mol. The molecule has 0 aliphatic carbocycles. The Morgan fingerprint density at radius 1 is 1.26 bits per heavy atom. The van der Waals surface area contributed by atoms with E-state index in [-0.39, 0.29) is 12.1 Å². The summed E-state index contributed by atoms with van der Waals surface area (Å²) in [4.78, 5) is 1.24. The lowest BCUT2D eigenvalue weighted by molar-refractivity contribution is 0.124. The molecule has 1 heterocycles. The summed E-state index contributed by atoms with van der Waals surface area (Å²) in [7, 11) is -1.67. The van der Waals surface area contributed by atoms with Crippen LogP contribution in [0.2, 0.25) is 0 Å². The van der Waals surface area contributed by atoms with Crippen molar-refractivity contribution in [3.05, 3.63) is 52.0 Å². The Morgan fingerprint density at radius 3 is 2.79 bits per heavy atom. The Bertz CT molecular complexity index is 517. The monoisotopic (exact) mass is 280 g/mol. The van der Waals surface area contributed by atoms with Gasteiger partial charge in [-0.3, -0.25) is 0 Å². The average molecular weight is 280 g/mol. The lowest BCUT2D eigenvalue weighted by Crippen LogP contribution is -2.30. The first-order valence-corrected chi connectivity index (χ1v) is 6.79. The third-order valence-corrected chi connectivity index (χ3v) is 3.56. The molecule has 0 bridgehead atoms. The average Bonchev–Trinajstić information content (AvgIpc) is 2.87. The fourth-order valence-corrected chi connectivity index (χ4v) is 2.42. The summed E-state index contributed by atoms with van der Waals surface area (Å²) in [6.07, 6.45) is 0.822. The molecule has 0 saturated heterocycles. The minimum atomic E-state index is -1.67. The Labute approximate surface area is 115 Å². The quantitative estimate of drug-likeness (QED) is 0.620. The van der Waals surface area contributed by atoms with Crippen LogP contribution < -0.4 is 5.46 Å². The van der Waals surface area contributed by atoms with Crippen LogP contribution in [0.1, 0.15) is 10.4 Å². The first-order chi connectivity index (χ1) is 9.15. The Balaban J connectivity index is 1.85. The van der Waals surface area contributed by atoms with Crippen LogP contribution in [-0.4, -0.2) is 23.8 Å². The molecular weight excluding hydrogens is 266 g/mol. The van der Waals surface area contributed by atoms with E-state index in [1.807, 2.05) is 17.5 Å². The zero-order valence-corrected chi connectivity index (χ0v) is 11.1. The van der Waals surface area contributed by atoms with E-state index < -0.39 is 12.9 Å². The molecule has 0 unspecified atom stereocenters. The highest BCUT2D eigenvalue weighted by Crippen LogP contribution is 2.10. The number of ether oxygens (including phenoxy) is 1. The molecule has 0 atom stereocenters. The van der Waals surface area contributed by atoms with Crippen molar-refractivity contribution in [2.45, 2.75) is 13.0 Å². The minimum Gasteiger partial charge on any atom is -0.423 e. The normalized spacial score (nSPS) is 10.7. The number of benzene rings is 1. The molecule has 100 valence electrons. The summed E-state index contributed by atoms with van der Waals surface area (Å²) >= 11 is 1.67. The molecule has 0 aliphatic rings. The molecule has 3 nitrogen and oxygen atoms in total. The van der Waals surface area contributed by atoms with Crippen LogP contribution in [0.3, 0.4) is 0 Å². The molecule has 0 spiro atoms. The second-order valence-electron chi connectivity index (χ2n) is 4.15. The second-order valence-corrected chi connectivity index (χ2v) is 5.18. The van der Waals surface area contributed by atoms with E-state index in [1.165, 1.54) is 17.0 Å². The van der Waals surface area contributed by atoms with E-state index in [0.29, 0.717) is 12.2 Å². The summed E-state index contributed by atoms with van der Waals surface area (Å²) < 4.78 is 18.7. The third-order valence-electron chi connectivity index (χ3n) is 2.62. The van der Waals surface area contributed by atoms with E-state index in [2.05, 4.69) is 0 Å². The zero-order valence-electron chi connectivity index (χ0n) is 10.3. The van der Waals surface area contributed by atoms with Gasteiger partial charge in [-0.1, -0.05) is 12.1 Å². The van der Waals surface area contributed by atoms with Crippen molar-refractivity contribution in [3.63, 3.8) is 0 Å². The van der Waals surface area contributed by atoms with E-state index in [9.17, 15) is 4.39 Å². The van der Waals surface area contributed by atoms with Crippen LogP contribution in [0.15, 0.2) is 35.7 Å². The molecule has 6 heteroatoms. The maximum absolute atomic E-state index is 13.2. The van der Waals surface area contributed by atoms with Gasteiger partial charge >= 0.3 is 7.12 Å². The van der Waals surface area contributed by atoms with Gasteiger partial charge in [-0.05, 0) is 34.6 Å². The molecule has 2 aromatic rings. The molecule has 0 amide bonds. The molecule has 19 heavy (non-hydrogen) atoms. The lowest BCUT2D eigenvalue weighted by Gasteiger charge is -2.06.